The molecule has 0 radical (unpaired) electrons. The van der Waals surface area contributed by atoms with Crippen molar-refractivity contribution in [1.82, 2.24) is 0 Å². The summed E-state index contributed by atoms with van der Waals surface area (Å²) in [7, 11) is 8.73. The molecule has 3 aromatic carbocycles. The number of para-hydroxylation sites is 3. The Bertz CT molecular complexity index is 811. The van der Waals surface area contributed by atoms with E-state index in [0.29, 0.717) is 34.5 Å². The van der Waals surface area contributed by atoms with E-state index in [1.54, 1.807) is 54.6 Å². The summed E-state index contributed by atoms with van der Waals surface area (Å²) in [6.45, 7) is 0. The van der Waals surface area contributed by atoms with Gasteiger partial charge in [0.1, 0.15) is 34.5 Å². The Morgan fingerprint density at radius 1 is 0.361 bits per heavy atom. The molecule has 0 saturated heterocycles. The van der Waals surface area contributed by atoms with Crippen molar-refractivity contribution in [3.8, 4) is 51.7 Å². The van der Waals surface area contributed by atoms with E-state index >= 15 is 0 Å². The van der Waals surface area contributed by atoms with Crippen molar-refractivity contribution in [2.24, 2.45) is 0 Å². The van der Waals surface area contributed by atoms with Gasteiger partial charge in [0.15, 0.2) is 0 Å². The summed E-state index contributed by atoms with van der Waals surface area (Å²) in [6, 6.07) is 14.7. The van der Waals surface area contributed by atoms with Crippen molar-refractivity contribution in [3.05, 3.63) is 54.6 Å². The van der Waals surface area contributed by atoms with Crippen LogP contribution >= 0.6 is 0 Å². The summed E-state index contributed by atoms with van der Waals surface area (Å²) in [5.41, 5.74) is 0. The van der Waals surface area contributed by atoms with E-state index in [1.807, 2.05) is 0 Å². The van der Waals surface area contributed by atoms with Crippen LogP contribution in [0.1, 0.15) is 0 Å². The molecular formula is C24H27Li3O9. The predicted molar refractivity (Wildman–Crippen MR) is 117 cm³/mol. The molecule has 0 aliphatic heterocycles. The molecule has 0 amide bonds. The fourth-order valence-corrected chi connectivity index (χ4v) is 2.45. The molecular weight excluding hydrogens is 453 g/mol. The normalized spacial score (nSPS) is 8.50. The third-order valence-corrected chi connectivity index (χ3v) is 4.15. The average Bonchev–Trinajstić information content (AvgIpc) is 2.85. The average molecular weight is 480 g/mol. The van der Waals surface area contributed by atoms with E-state index in [9.17, 15) is 15.3 Å². The first kappa shape index (κ1) is 38.2. The van der Waals surface area contributed by atoms with Crippen molar-refractivity contribution < 1.29 is 100 Å². The third kappa shape index (κ3) is 11.1. The zero-order valence-corrected chi connectivity index (χ0v) is 22.4. The number of methoxy groups -OCH3 is 6. The molecule has 180 valence electrons. The van der Waals surface area contributed by atoms with Crippen molar-refractivity contribution >= 4 is 0 Å². The van der Waals surface area contributed by atoms with Crippen LogP contribution < -0.4 is 100 Å². The molecule has 12 heteroatoms. The zero-order chi connectivity index (χ0) is 24.8. The standard InChI is InChI=1S/3C8H10O3.3Li/c3*1-10-6-4-3-5-7(11-2)8(6)9;;;/h3*3-5,9H,1-2H3;;;/q;;;3*+1/p-3. The van der Waals surface area contributed by atoms with Gasteiger partial charge in [-0.3, -0.25) is 0 Å². The number of benzene rings is 3. The first-order valence-electron chi connectivity index (χ1n) is 9.52. The summed E-state index contributed by atoms with van der Waals surface area (Å²) in [5.74, 6) is 1.23. The van der Waals surface area contributed by atoms with Crippen LogP contribution in [0, 0.1) is 0 Å². The second-order valence-electron chi connectivity index (χ2n) is 5.97. The van der Waals surface area contributed by atoms with E-state index < -0.39 is 0 Å². The summed E-state index contributed by atoms with van der Waals surface area (Å²) in [6.07, 6.45) is 0. The van der Waals surface area contributed by atoms with Crippen LogP contribution in [0.4, 0.5) is 0 Å². The molecule has 0 unspecified atom stereocenters. The Morgan fingerprint density at radius 2 is 0.500 bits per heavy atom. The molecule has 0 spiro atoms. The molecule has 0 heterocycles. The molecule has 36 heavy (non-hydrogen) atoms. The Labute approximate surface area is 248 Å². The van der Waals surface area contributed by atoms with Crippen LogP contribution in [0.5, 0.6) is 51.7 Å². The molecule has 9 nitrogen and oxygen atoms in total. The molecule has 0 atom stereocenters. The SMILES string of the molecule is COc1cccc(OC)c1[O-].COc1cccc(OC)c1[O-].COc1cccc(OC)c1[O-].[Li+].[Li+].[Li+]. The maximum Gasteiger partial charge on any atom is 1.00 e. The largest absolute Gasteiger partial charge is 1.00 e. The van der Waals surface area contributed by atoms with E-state index in [1.165, 1.54) is 42.7 Å². The maximum absolute atomic E-state index is 11.2. The molecule has 0 aliphatic rings. The second-order valence-corrected chi connectivity index (χ2v) is 5.97. The first-order chi connectivity index (χ1) is 15.9. The number of rotatable bonds is 6. The van der Waals surface area contributed by atoms with Gasteiger partial charge in [0.25, 0.3) is 0 Å². The van der Waals surface area contributed by atoms with Crippen molar-refractivity contribution in [3.63, 3.8) is 0 Å². The van der Waals surface area contributed by atoms with Gasteiger partial charge in [0.05, 0.1) is 42.7 Å². The quantitative estimate of drug-likeness (QED) is 0.317. The van der Waals surface area contributed by atoms with Gasteiger partial charge in [-0.25, -0.2) is 0 Å². The fraction of sp³-hybridized carbons (Fsp3) is 0.250. The fourth-order valence-electron chi connectivity index (χ4n) is 2.45. The summed E-state index contributed by atoms with van der Waals surface area (Å²) in [4.78, 5) is 0. The molecule has 0 saturated carbocycles. The van der Waals surface area contributed by atoms with Gasteiger partial charge in [-0.05, 0) is 53.6 Å². The predicted octanol–water partition coefficient (Wildman–Crippen LogP) is -6.66. The minimum absolute atomic E-state index is 0. The van der Waals surface area contributed by atoms with Gasteiger partial charge < -0.3 is 43.7 Å². The van der Waals surface area contributed by atoms with Crippen LogP contribution in [-0.4, -0.2) is 42.7 Å². The number of hydrogen-bond acceptors (Lipinski definition) is 9. The van der Waals surface area contributed by atoms with Crippen molar-refractivity contribution in [2.45, 2.75) is 0 Å². The molecule has 3 rings (SSSR count). The Balaban J connectivity index is -0.000000436. The van der Waals surface area contributed by atoms with Crippen molar-refractivity contribution in [1.29, 1.82) is 0 Å². The van der Waals surface area contributed by atoms with Gasteiger partial charge in [-0.2, -0.15) is 0 Å². The van der Waals surface area contributed by atoms with E-state index in [2.05, 4.69) is 0 Å². The van der Waals surface area contributed by atoms with Gasteiger partial charge in [-0.1, -0.05) is 18.2 Å². The minimum atomic E-state index is -0.211. The zero-order valence-electron chi connectivity index (χ0n) is 22.4. The summed E-state index contributed by atoms with van der Waals surface area (Å²) >= 11 is 0. The van der Waals surface area contributed by atoms with Gasteiger partial charge in [0.2, 0.25) is 0 Å². The molecule has 0 bridgehead atoms. The first-order valence-corrected chi connectivity index (χ1v) is 9.52. The number of ether oxygens (including phenoxy) is 6. The number of hydrogen-bond donors (Lipinski definition) is 0. The topological polar surface area (TPSA) is 125 Å². The van der Waals surface area contributed by atoms with Gasteiger partial charge in [0, 0.05) is 0 Å². The van der Waals surface area contributed by atoms with Gasteiger partial charge >= 0.3 is 56.6 Å². The Morgan fingerprint density at radius 3 is 0.611 bits per heavy atom. The second kappa shape index (κ2) is 20.8. The maximum atomic E-state index is 11.2. The van der Waals surface area contributed by atoms with Crippen LogP contribution in [0.2, 0.25) is 0 Å². The van der Waals surface area contributed by atoms with E-state index in [-0.39, 0.29) is 73.8 Å². The summed E-state index contributed by atoms with van der Waals surface area (Å²) < 4.78 is 28.8. The molecule has 3 aromatic rings. The summed E-state index contributed by atoms with van der Waals surface area (Å²) in [5, 5.41) is 33.5. The Hall–Kier alpha value is -2.35. The van der Waals surface area contributed by atoms with Crippen LogP contribution in [-0.2, 0) is 0 Å². The van der Waals surface area contributed by atoms with Gasteiger partial charge in [-0.15, -0.1) is 0 Å². The minimum Gasteiger partial charge on any atom is -0.867 e. The third-order valence-electron chi connectivity index (χ3n) is 4.15. The molecule has 0 aliphatic carbocycles. The van der Waals surface area contributed by atoms with E-state index in [4.69, 9.17) is 28.4 Å². The van der Waals surface area contributed by atoms with Crippen LogP contribution in [0.15, 0.2) is 54.6 Å². The molecule has 0 fully saturated rings. The molecule has 0 N–H and O–H groups in total. The smallest absolute Gasteiger partial charge is 0.867 e. The molecule has 0 aromatic heterocycles. The van der Waals surface area contributed by atoms with Crippen LogP contribution in [0.25, 0.3) is 0 Å². The Kier molecular flexibility index (Phi) is 22.1. The van der Waals surface area contributed by atoms with E-state index in [0.717, 1.165) is 0 Å². The monoisotopic (exact) mass is 480 g/mol. The van der Waals surface area contributed by atoms with Crippen molar-refractivity contribution in [2.75, 3.05) is 42.7 Å². The van der Waals surface area contributed by atoms with Crippen LogP contribution in [0.3, 0.4) is 0 Å².